The van der Waals surface area contributed by atoms with Crippen LogP contribution in [0.2, 0.25) is 0 Å². The number of carboxylic acids is 1. The number of terminal acetylenes is 1. The fraction of sp³-hybridized carbons (Fsp3) is 0.455. The normalized spacial score (nSPS) is 22.2. The van der Waals surface area contributed by atoms with E-state index in [2.05, 4.69) is 12.5 Å². The average Bonchev–Trinajstić information content (AvgIpc) is 2.55. The van der Waals surface area contributed by atoms with Crippen LogP contribution in [0, 0.1) is 18.3 Å². The lowest BCUT2D eigenvalue weighted by Gasteiger charge is -2.22. The highest BCUT2D eigenvalue weighted by atomic mass is 16.4. The van der Waals surface area contributed by atoms with Crippen molar-refractivity contribution in [3.8, 4) is 12.3 Å². The summed E-state index contributed by atoms with van der Waals surface area (Å²) in [5.41, 5.74) is 0. The number of likely N-dealkylation sites (tertiary alicyclic amines) is 1. The Morgan fingerprint density at radius 3 is 2.93 bits per heavy atom. The molecule has 1 heterocycles. The molecule has 0 aromatic carbocycles. The fourth-order valence-corrected chi connectivity index (χ4v) is 1.66. The molecule has 1 N–H and O–H groups in total. The lowest BCUT2D eigenvalue weighted by atomic mass is 10.1. The molecule has 4 nitrogen and oxygen atoms in total. The van der Waals surface area contributed by atoms with E-state index in [9.17, 15) is 9.59 Å². The summed E-state index contributed by atoms with van der Waals surface area (Å²) in [7, 11) is 0. The van der Waals surface area contributed by atoms with Crippen molar-refractivity contribution in [2.45, 2.75) is 18.9 Å². The molecular weight excluding hydrogens is 194 g/mol. The maximum absolute atomic E-state index is 11.5. The van der Waals surface area contributed by atoms with Crippen molar-refractivity contribution in [1.82, 2.24) is 4.90 Å². The minimum Gasteiger partial charge on any atom is -0.480 e. The number of nitrogens with zero attached hydrogens (tertiary/aromatic N) is 1. The summed E-state index contributed by atoms with van der Waals surface area (Å²) >= 11 is 0. The zero-order chi connectivity index (χ0) is 11.4. The molecule has 1 aliphatic rings. The molecule has 4 heteroatoms. The third-order valence-electron chi connectivity index (χ3n) is 2.49. The van der Waals surface area contributed by atoms with E-state index in [4.69, 9.17) is 11.5 Å². The van der Waals surface area contributed by atoms with Crippen molar-refractivity contribution in [3.63, 3.8) is 0 Å². The SMILES string of the molecule is C#CC[C@@H](C(=O)O)N1CC(C=C)CC1=O. The van der Waals surface area contributed by atoms with Gasteiger partial charge in [-0.3, -0.25) is 4.79 Å². The van der Waals surface area contributed by atoms with Crippen LogP contribution in [0.25, 0.3) is 0 Å². The zero-order valence-corrected chi connectivity index (χ0v) is 8.35. The zero-order valence-electron chi connectivity index (χ0n) is 8.35. The van der Waals surface area contributed by atoms with Crippen LogP contribution in [0.5, 0.6) is 0 Å². The van der Waals surface area contributed by atoms with Gasteiger partial charge >= 0.3 is 5.97 Å². The second kappa shape index (κ2) is 4.65. The number of rotatable bonds is 4. The minimum absolute atomic E-state index is 0.0390. The van der Waals surface area contributed by atoms with Crippen LogP contribution in [0.4, 0.5) is 0 Å². The van der Waals surface area contributed by atoms with Crippen molar-refractivity contribution in [3.05, 3.63) is 12.7 Å². The van der Waals surface area contributed by atoms with E-state index in [-0.39, 0.29) is 18.2 Å². The molecule has 1 rings (SSSR count). The first kappa shape index (κ1) is 11.3. The molecule has 0 aromatic rings. The second-order valence-corrected chi connectivity index (χ2v) is 3.51. The Balaban J connectivity index is 2.77. The third-order valence-corrected chi connectivity index (χ3v) is 2.49. The van der Waals surface area contributed by atoms with Crippen LogP contribution in [-0.4, -0.2) is 34.5 Å². The van der Waals surface area contributed by atoms with Crippen LogP contribution < -0.4 is 0 Å². The van der Waals surface area contributed by atoms with E-state index in [1.807, 2.05) is 0 Å². The van der Waals surface area contributed by atoms with Crippen molar-refractivity contribution in [1.29, 1.82) is 0 Å². The lowest BCUT2D eigenvalue weighted by Crippen LogP contribution is -2.41. The fourth-order valence-electron chi connectivity index (χ4n) is 1.66. The molecule has 0 saturated carbocycles. The van der Waals surface area contributed by atoms with Crippen molar-refractivity contribution < 1.29 is 14.7 Å². The first-order chi connectivity index (χ1) is 7.10. The molecule has 0 bridgehead atoms. The molecule has 1 saturated heterocycles. The highest BCUT2D eigenvalue weighted by Crippen LogP contribution is 2.22. The Labute approximate surface area is 88.6 Å². The lowest BCUT2D eigenvalue weighted by molar-refractivity contribution is -0.148. The van der Waals surface area contributed by atoms with Crippen LogP contribution in [-0.2, 0) is 9.59 Å². The smallest absolute Gasteiger partial charge is 0.327 e. The van der Waals surface area contributed by atoms with Gasteiger partial charge in [-0.2, -0.15) is 0 Å². The van der Waals surface area contributed by atoms with Gasteiger partial charge in [-0.15, -0.1) is 18.9 Å². The quantitative estimate of drug-likeness (QED) is 0.539. The van der Waals surface area contributed by atoms with Gasteiger partial charge in [-0.05, 0) is 0 Å². The molecule has 0 spiro atoms. The third kappa shape index (κ3) is 2.38. The monoisotopic (exact) mass is 207 g/mol. The summed E-state index contributed by atoms with van der Waals surface area (Å²) in [6.07, 6.45) is 7.13. The Bertz CT molecular complexity index is 329. The summed E-state index contributed by atoms with van der Waals surface area (Å²) in [5.74, 6) is 1.10. The van der Waals surface area contributed by atoms with E-state index in [0.29, 0.717) is 13.0 Å². The maximum atomic E-state index is 11.5. The highest BCUT2D eigenvalue weighted by molar-refractivity contribution is 5.85. The molecule has 1 amide bonds. The van der Waals surface area contributed by atoms with E-state index < -0.39 is 12.0 Å². The minimum atomic E-state index is -1.05. The number of hydrogen-bond donors (Lipinski definition) is 1. The number of amides is 1. The molecule has 1 unspecified atom stereocenters. The first-order valence-electron chi connectivity index (χ1n) is 4.68. The number of carbonyl (C=O) groups is 2. The van der Waals surface area contributed by atoms with Gasteiger partial charge in [0.2, 0.25) is 5.91 Å². The molecule has 0 aromatic heterocycles. The van der Waals surface area contributed by atoms with Gasteiger partial charge in [0, 0.05) is 25.3 Å². The van der Waals surface area contributed by atoms with E-state index in [1.54, 1.807) is 6.08 Å². The number of carboxylic acid groups (broad SMARTS) is 1. The van der Waals surface area contributed by atoms with Crippen LogP contribution in [0.15, 0.2) is 12.7 Å². The summed E-state index contributed by atoms with van der Waals surface area (Å²) in [5, 5.41) is 8.93. The van der Waals surface area contributed by atoms with Crippen LogP contribution in [0.1, 0.15) is 12.8 Å². The van der Waals surface area contributed by atoms with Crippen LogP contribution >= 0.6 is 0 Å². The van der Waals surface area contributed by atoms with Crippen molar-refractivity contribution in [2.24, 2.45) is 5.92 Å². The molecule has 80 valence electrons. The largest absolute Gasteiger partial charge is 0.480 e. The van der Waals surface area contributed by atoms with Crippen molar-refractivity contribution in [2.75, 3.05) is 6.54 Å². The van der Waals surface area contributed by atoms with Crippen molar-refractivity contribution >= 4 is 11.9 Å². The summed E-state index contributed by atoms with van der Waals surface area (Å²) in [4.78, 5) is 23.7. The molecule has 0 radical (unpaired) electrons. The van der Waals surface area contributed by atoms with Gasteiger partial charge in [-0.1, -0.05) is 6.08 Å². The van der Waals surface area contributed by atoms with Gasteiger partial charge in [0.1, 0.15) is 6.04 Å². The van der Waals surface area contributed by atoms with Crippen LogP contribution in [0.3, 0.4) is 0 Å². The standard InChI is InChI=1S/C11H13NO3/c1-3-5-9(11(14)15)12-7-8(4-2)6-10(12)13/h1,4,8-9H,2,5-7H2,(H,14,15)/t8?,9-/m0/s1. The number of aliphatic carboxylic acids is 1. The molecule has 15 heavy (non-hydrogen) atoms. The summed E-state index contributed by atoms with van der Waals surface area (Å²) in [6, 6.07) is -0.896. The second-order valence-electron chi connectivity index (χ2n) is 3.51. The summed E-state index contributed by atoms with van der Waals surface area (Å²) in [6.45, 7) is 4.00. The topological polar surface area (TPSA) is 57.6 Å². The van der Waals surface area contributed by atoms with Gasteiger partial charge in [-0.25, -0.2) is 4.79 Å². The molecule has 1 fully saturated rings. The predicted octanol–water partition coefficient (Wildman–Crippen LogP) is 0.497. The first-order valence-corrected chi connectivity index (χ1v) is 4.68. The van der Waals surface area contributed by atoms with E-state index >= 15 is 0 Å². The highest BCUT2D eigenvalue weighted by Gasteiger charge is 2.35. The molecule has 1 aliphatic heterocycles. The number of carbonyl (C=O) groups excluding carboxylic acids is 1. The Hall–Kier alpha value is -1.76. The maximum Gasteiger partial charge on any atom is 0.327 e. The Morgan fingerprint density at radius 2 is 2.53 bits per heavy atom. The predicted molar refractivity (Wildman–Crippen MR) is 54.9 cm³/mol. The van der Waals surface area contributed by atoms with Gasteiger partial charge in [0.25, 0.3) is 0 Å². The molecular formula is C11H13NO3. The average molecular weight is 207 g/mol. The summed E-state index contributed by atoms with van der Waals surface area (Å²) < 4.78 is 0. The van der Waals surface area contributed by atoms with E-state index in [1.165, 1.54) is 4.90 Å². The van der Waals surface area contributed by atoms with Gasteiger partial charge in [0.15, 0.2) is 0 Å². The van der Waals surface area contributed by atoms with Gasteiger partial charge in [0.05, 0.1) is 0 Å². The molecule has 2 atom stereocenters. The number of hydrogen-bond acceptors (Lipinski definition) is 2. The Kier molecular flexibility index (Phi) is 3.51. The molecule has 0 aliphatic carbocycles. The van der Waals surface area contributed by atoms with Gasteiger partial charge < -0.3 is 10.0 Å². The Morgan fingerprint density at radius 1 is 1.87 bits per heavy atom. The van der Waals surface area contributed by atoms with E-state index in [0.717, 1.165) is 0 Å².